The molecule has 0 bridgehead atoms. The molecule has 2 rings (SSSR count). The predicted octanol–water partition coefficient (Wildman–Crippen LogP) is 5.25. The van der Waals surface area contributed by atoms with Crippen LogP contribution in [0.2, 0.25) is 0 Å². The van der Waals surface area contributed by atoms with Crippen LogP contribution in [0.15, 0.2) is 65.6 Å². The van der Waals surface area contributed by atoms with Crippen molar-refractivity contribution in [2.75, 3.05) is 0 Å². The number of benzene rings is 2. The first-order valence-corrected chi connectivity index (χ1v) is 6.20. The first-order chi connectivity index (χ1) is 8.51. The molecule has 2 aromatic carbocycles. The van der Waals surface area contributed by atoms with Crippen LogP contribution in [0, 0.1) is 0 Å². The van der Waals surface area contributed by atoms with Crippen molar-refractivity contribution in [1.29, 1.82) is 0 Å². The summed E-state index contributed by atoms with van der Waals surface area (Å²) in [4.78, 5) is 0. The molecule has 0 fully saturated rings. The third kappa shape index (κ3) is 2.51. The highest BCUT2D eigenvalue weighted by Gasteiger charge is 2.35. The van der Waals surface area contributed by atoms with E-state index in [9.17, 15) is 8.78 Å². The molecule has 18 heavy (non-hydrogen) atoms. The molecule has 0 unspecified atom stereocenters. The van der Waals surface area contributed by atoms with E-state index in [4.69, 9.17) is 0 Å². The molecule has 0 saturated heterocycles. The van der Waals surface area contributed by atoms with E-state index < -0.39 is 5.92 Å². The second-order valence-electron chi connectivity index (χ2n) is 3.93. The predicted molar refractivity (Wildman–Crippen MR) is 73.5 cm³/mol. The Hall–Kier alpha value is -1.48. The molecule has 0 amide bonds. The number of hydrogen-bond donors (Lipinski definition) is 0. The monoisotopic (exact) mass is 308 g/mol. The van der Waals surface area contributed by atoms with Crippen LogP contribution in [-0.4, -0.2) is 0 Å². The van der Waals surface area contributed by atoms with Crippen LogP contribution in [0.4, 0.5) is 8.78 Å². The molecule has 0 aliphatic carbocycles. The van der Waals surface area contributed by atoms with Crippen LogP contribution >= 0.6 is 15.9 Å². The molecule has 0 radical (unpaired) electrons. The summed E-state index contributed by atoms with van der Waals surface area (Å²) in [6.45, 7) is 3.53. The van der Waals surface area contributed by atoms with Crippen molar-refractivity contribution < 1.29 is 8.78 Å². The minimum absolute atomic E-state index is 0.0560. The molecular formula is C15H11BrF2. The Morgan fingerprint density at radius 3 is 2.06 bits per heavy atom. The van der Waals surface area contributed by atoms with Crippen molar-refractivity contribution in [3.05, 3.63) is 76.8 Å². The van der Waals surface area contributed by atoms with E-state index in [1.165, 1.54) is 12.1 Å². The van der Waals surface area contributed by atoms with Crippen molar-refractivity contribution >= 4 is 21.5 Å². The summed E-state index contributed by atoms with van der Waals surface area (Å²) in [6.07, 6.45) is 0. The van der Waals surface area contributed by atoms with Gasteiger partial charge in [0, 0.05) is 15.6 Å². The first kappa shape index (κ1) is 13.0. The van der Waals surface area contributed by atoms with Crippen molar-refractivity contribution in [1.82, 2.24) is 0 Å². The Morgan fingerprint density at radius 2 is 1.50 bits per heavy atom. The number of hydrogen-bond acceptors (Lipinski definition) is 0. The van der Waals surface area contributed by atoms with Crippen molar-refractivity contribution in [2.45, 2.75) is 5.92 Å². The van der Waals surface area contributed by atoms with Gasteiger partial charge >= 0.3 is 0 Å². The summed E-state index contributed by atoms with van der Waals surface area (Å²) >= 11 is 3.23. The molecule has 0 saturated carbocycles. The minimum atomic E-state index is -3.07. The fourth-order valence-corrected chi connectivity index (χ4v) is 1.92. The Morgan fingerprint density at radius 1 is 0.944 bits per heavy atom. The van der Waals surface area contributed by atoms with Crippen LogP contribution in [-0.2, 0) is 5.92 Å². The zero-order valence-electron chi connectivity index (χ0n) is 9.54. The van der Waals surface area contributed by atoms with Gasteiger partial charge in [-0.05, 0) is 17.7 Å². The van der Waals surface area contributed by atoms with Gasteiger partial charge in [-0.25, -0.2) is 0 Å². The lowest BCUT2D eigenvalue weighted by Crippen LogP contribution is -2.15. The third-order valence-electron chi connectivity index (χ3n) is 2.71. The summed E-state index contributed by atoms with van der Waals surface area (Å²) in [7, 11) is 0. The normalized spacial score (nSPS) is 11.3. The molecule has 92 valence electrons. The molecule has 0 nitrogen and oxygen atoms in total. The summed E-state index contributed by atoms with van der Waals surface area (Å²) in [6, 6.07) is 14.5. The number of allylic oxidation sites excluding steroid dienone is 1. The van der Waals surface area contributed by atoms with Gasteiger partial charge in [0.15, 0.2) is 0 Å². The van der Waals surface area contributed by atoms with Crippen molar-refractivity contribution in [3.63, 3.8) is 0 Å². The molecule has 0 aromatic heterocycles. The summed E-state index contributed by atoms with van der Waals surface area (Å²) < 4.78 is 29.3. The second-order valence-corrected chi connectivity index (χ2v) is 4.84. The molecule has 0 atom stereocenters. The maximum Gasteiger partial charge on any atom is 0.298 e. The SMILES string of the molecule is C=C(c1ccccc1)C(F)(F)c1ccc(Br)cc1. The van der Waals surface area contributed by atoms with Gasteiger partial charge in [-0.3, -0.25) is 0 Å². The summed E-state index contributed by atoms with van der Waals surface area (Å²) in [5.41, 5.74) is 0.204. The highest BCUT2D eigenvalue weighted by atomic mass is 79.9. The first-order valence-electron chi connectivity index (χ1n) is 5.40. The minimum Gasteiger partial charge on any atom is -0.196 e. The second kappa shape index (κ2) is 5.02. The lowest BCUT2D eigenvalue weighted by molar-refractivity contribution is 0.0646. The highest BCUT2D eigenvalue weighted by molar-refractivity contribution is 9.10. The molecule has 0 heterocycles. The standard InChI is InChI=1S/C15H11BrF2/c1-11(12-5-3-2-4-6-12)15(17,18)13-7-9-14(16)10-8-13/h2-10H,1H2. The Kier molecular flexibility index (Phi) is 3.62. The summed E-state index contributed by atoms with van der Waals surface area (Å²) in [5, 5.41) is 0. The van der Waals surface area contributed by atoms with Crippen LogP contribution < -0.4 is 0 Å². The van der Waals surface area contributed by atoms with Gasteiger partial charge in [-0.1, -0.05) is 65.0 Å². The van der Waals surface area contributed by atoms with Gasteiger partial charge in [0.2, 0.25) is 0 Å². The smallest absolute Gasteiger partial charge is 0.196 e. The molecule has 3 heteroatoms. The fourth-order valence-electron chi connectivity index (χ4n) is 1.65. The average Bonchev–Trinajstić information content (AvgIpc) is 2.39. The Bertz CT molecular complexity index is 544. The van der Waals surface area contributed by atoms with Crippen LogP contribution in [0.5, 0.6) is 0 Å². The van der Waals surface area contributed by atoms with Crippen LogP contribution in [0.25, 0.3) is 5.57 Å². The van der Waals surface area contributed by atoms with Gasteiger partial charge in [0.1, 0.15) is 0 Å². The zero-order valence-corrected chi connectivity index (χ0v) is 11.1. The molecule has 0 spiro atoms. The molecule has 0 N–H and O–H groups in total. The van der Waals surface area contributed by atoms with Crippen LogP contribution in [0.1, 0.15) is 11.1 Å². The van der Waals surface area contributed by atoms with Crippen molar-refractivity contribution in [3.8, 4) is 0 Å². The van der Waals surface area contributed by atoms with Gasteiger partial charge in [0.05, 0.1) is 0 Å². The number of rotatable bonds is 3. The Labute approximate surface area is 113 Å². The van der Waals surface area contributed by atoms with Gasteiger partial charge in [-0.2, -0.15) is 8.78 Å². The average molecular weight is 309 g/mol. The van der Waals surface area contributed by atoms with E-state index in [1.807, 2.05) is 0 Å². The summed E-state index contributed by atoms with van der Waals surface area (Å²) in [5.74, 6) is -3.07. The van der Waals surface area contributed by atoms with E-state index in [0.29, 0.717) is 5.56 Å². The molecular weight excluding hydrogens is 298 g/mol. The highest BCUT2D eigenvalue weighted by Crippen LogP contribution is 2.40. The largest absolute Gasteiger partial charge is 0.298 e. The van der Waals surface area contributed by atoms with Crippen LogP contribution in [0.3, 0.4) is 0 Å². The van der Waals surface area contributed by atoms with Gasteiger partial charge in [-0.15, -0.1) is 0 Å². The third-order valence-corrected chi connectivity index (χ3v) is 3.24. The lowest BCUT2D eigenvalue weighted by Gasteiger charge is -2.19. The number of halogens is 3. The van der Waals surface area contributed by atoms with Crippen molar-refractivity contribution in [2.24, 2.45) is 0 Å². The zero-order chi connectivity index (χ0) is 13.2. The Balaban J connectivity index is 2.37. The molecule has 0 aliphatic rings. The topological polar surface area (TPSA) is 0 Å². The fraction of sp³-hybridized carbons (Fsp3) is 0.0667. The van der Waals surface area contributed by atoms with E-state index in [1.54, 1.807) is 42.5 Å². The number of alkyl halides is 2. The quantitative estimate of drug-likeness (QED) is 0.726. The van der Waals surface area contributed by atoms with E-state index in [2.05, 4.69) is 22.5 Å². The molecule has 2 aromatic rings. The van der Waals surface area contributed by atoms with Gasteiger partial charge < -0.3 is 0 Å². The van der Waals surface area contributed by atoms with Gasteiger partial charge in [0.25, 0.3) is 5.92 Å². The maximum atomic E-state index is 14.3. The lowest BCUT2D eigenvalue weighted by atomic mass is 9.96. The van der Waals surface area contributed by atoms with E-state index >= 15 is 0 Å². The molecule has 0 aliphatic heterocycles. The van der Waals surface area contributed by atoms with E-state index in [0.717, 1.165) is 4.47 Å². The maximum absolute atomic E-state index is 14.3. The van der Waals surface area contributed by atoms with E-state index in [-0.39, 0.29) is 11.1 Å².